The van der Waals surface area contributed by atoms with E-state index in [1.165, 1.54) is 7.11 Å². The van der Waals surface area contributed by atoms with Gasteiger partial charge in [-0.3, -0.25) is 19.7 Å². The highest BCUT2D eigenvalue weighted by molar-refractivity contribution is 6.00. The second-order valence-corrected chi connectivity index (χ2v) is 9.68. The second-order valence-electron chi connectivity index (χ2n) is 9.68. The number of fused-ring (bicyclic) bond motifs is 1. The van der Waals surface area contributed by atoms with Crippen LogP contribution in [0.5, 0.6) is 5.75 Å². The molecule has 4 heterocycles. The van der Waals surface area contributed by atoms with Crippen molar-refractivity contribution in [2.24, 2.45) is 0 Å². The lowest BCUT2D eigenvalue weighted by molar-refractivity contribution is -0.122. The number of likely N-dealkylation sites (N-methyl/N-ethyl adjacent to an activating group) is 1. The van der Waals surface area contributed by atoms with Gasteiger partial charge in [0.25, 0.3) is 17.7 Å². The summed E-state index contributed by atoms with van der Waals surface area (Å²) in [6, 6.07) is 9.08. The van der Waals surface area contributed by atoms with Gasteiger partial charge in [0, 0.05) is 38.3 Å². The van der Waals surface area contributed by atoms with E-state index in [1.54, 1.807) is 21.9 Å². The molecule has 2 N–H and O–H groups in total. The zero-order valence-electron chi connectivity index (χ0n) is 21.3. The average molecular weight is 503 g/mol. The van der Waals surface area contributed by atoms with Crippen molar-refractivity contribution >= 4 is 17.7 Å². The minimum Gasteiger partial charge on any atom is -0.494 e. The molecule has 5 rings (SSSR count). The maximum Gasteiger partial charge on any atom is 0.272 e. The Balaban J connectivity index is 1.42. The fourth-order valence-corrected chi connectivity index (χ4v) is 4.82. The van der Waals surface area contributed by atoms with Gasteiger partial charge >= 0.3 is 0 Å². The van der Waals surface area contributed by atoms with Crippen LogP contribution in [-0.2, 0) is 11.3 Å². The van der Waals surface area contributed by atoms with Crippen molar-refractivity contribution in [3.05, 3.63) is 58.4 Å². The molecule has 37 heavy (non-hydrogen) atoms. The highest BCUT2D eigenvalue weighted by atomic mass is 16.5. The number of methoxy groups -OCH3 is 1. The van der Waals surface area contributed by atoms with E-state index >= 15 is 0 Å². The highest BCUT2D eigenvalue weighted by Gasteiger charge is 2.45. The lowest BCUT2D eigenvalue weighted by atomic mass is 9.99. The quantitative estimate of drug-likeness (QED) is 0.576. The Morgan fingerprint density at radius 3 is 2.65 bits per heavy atom. The first-order chi connectivity index (χ1) is 17.8. The molecule has 1 atom stereocenters. The lowest BCUT2D eigenvalue weighted by Crippen LogP contribution is -2.54. The summed E-state index contributed by atoms with van der Waals surface area (Å²) in [6.45, 7) is 5.51. The number of carbonyl (C=O) groups excluding carboxylic acids is 3. The Kier molecular flexibility index (Phi) is 6.58. The number of hydrogen-bond donors (Lipinski definition) is 2. The largest absolute Gasteiger partial charge is 0.494 e. The van der Waals surface area contributed by atoms with Crippen LogP contribution in [0.4, 0.5) is 0 Å². The molecule has 3 amide bonds. The minimum absolute atomic E-state index is 0.0701. The molecule has 10 heteroatoms. The molecule has 3 aliphatic heterocycles. The van der Waals surface area contributed by atoms with Crippen molar-refractivity contribution in [2.75, 3.05) is 53.5 Å². The fraction of sp³-hybridized carbons (Fsp3) is 0.407. The van der Waals surface area contributed by atoms with Gasteiger partial charge < -0.3 is 24.8 Å². The van der Waals surface area contributed by atoms with Crippen LogP contribution in [-0.4, -0.2) is 96.5 Å². The fourth-order valence-electron chi connectivity index (χ4n) is 4.82. The van der Waals surface area contributed by atoms with Gasteiger partial charge in [-0.15, -0.1) is 0 Å². The molecule has 0 saturated carbocycles. The number of nitrogens with zero attached hydrogens (tertiary/aromatic N) is 4. The van der Waals surface area contributed by atoms with Crippen LogP contribution in [0.25, 0.3) is 0 Å². The van der Waals surface area contributed by atoms with Crippen molar-refractivity contribution in [3.8, 4) is 17.6 Å². The van der Waals surface area contributed by atoms with Crippen LogP contribution in [0.1, 0.15) is 37.7 Å². The van der Waals surface area contributed by atoms with Gasteiger partial charge in [-0.05, 0) is 43.7 Å². The van der Waals surface area contributed by atoms with E-state index in [2.05, 4.69) is 32.4 Å². The molecule has 192 valence electrons. The number of nitrogens with one attached hydrogen (secondary N) is 2. The summed E-state index contributed by atoms with van der Waals surface area (Å²) in [6.07, 6.45) is 0. The second kappa shape index (κ2) is 9.84. The van der Waals surface area contributed by atoms with Crippen molar-refractivity contribution < 1.29 is 19.1 Å². The molecule has 10 nitrogen and oxygen atoms in total. The summed E-state index contributed by atoms with van der Waals surface area (Å²) < 4.78 is 5.44. The first-order valence-electron chi connectivity index (χ1n) is 12.3. The SMILES string of the molecule is COc1ccc(C(=O)N2CCN(C)CC2)nc1C#CC1(CN2Cc3ccc(C)cc3C2=O)NCNC1=O. The first-order valence-corrected chi connectivity index (χ1v) is 12.3. The maximum absolute atomic E-state index is 13.1. The Bertz CT molecular complexity index is 1320. The predicted octanol–water partition coefficient (Wildman–Crippen LogP) is 0.209. The summed E-state index contributed by atoms with van der Waals surface area (Å²) in [5.41, 5.74) is 1.79. The third kappa shape index (κ3) is 4.75. The number of piperazine rings is 1. The first kappa shape index (κ1) is 24.7. The molecule has 1 unspecified atom stereocenters. The molecular weight excluding hydrogens is 472 g/mol. The number of carbonyl (C=O) groups is 3. The number of ether oxygens (including phenoxy) is 1. The lowest BCUT2D eigenvalue weighted by Gasteiger charge is -2.32. The zero-order valence-corrected chi connectivity index (χ0v) is 21.3. The van der Waals surface area contributed by atoms with Crippen LogP contribution in [0.15, 0.2) is 30.3 Å². The Hall–Kier alpha value is -3.94. The van der Waals surface area contributed by atoms with Crippen LogP contribution in [0, 0.1) is 18.8 Å². The van der Waals surface area contributed by atoms with Crippen molar-refractivity contribution in [1.29, 1.82) is 0 Å². The summed E-state index contributed by atoms with van der Waals surface area (Å²) >= 11 is 0. The number of pyridine rings is 1. The van der Waals surface area contributed by atoms with E-state index < -0.39 is 5.54 Å². The number of aryl methyl sites for hydroxylation is 1. The summed E-state index contributed by atoms with van der Waals surface area (Å²) in [5, 5.41) is 5.89. The predicted molar refractivity (Wildman–Crippen MR) is 136 cm³/mol. The molecule has 0 radical (unpaired) electrons. The van der Waals surface area contributed by atoms with E-state index in [0.29, 0.717) is 30.9 Å². The van der Waals surface area contributed by atoms with Crippen LogP contribution in [0.3, 0.4) is 0 Å². The monoisotopic (exact) mass is 502 g/mol. The molecule has 2 aromatic rings. The zero-order chi connectivity index (χ0) is 26.2. The minimum atomic E-state index is -1.32. The average Bonchev–Trinajstić information content (AvgIpc) is 3.41. The van der Waals surface area contributed by atoms with E-state index in [0.717, 1.165) is 24.2 Å². The van der Waals surface area contributed by atoms with Crippen molar-refractivity contribution in [3.63, 3.8) is 0 Å². The van der Waals surface area contributed by atoms with Gasteiger partial charge in [0.2, 0.25) is 0 Å². The van der Waals surface area contributed by atoms with Crippen molar-refractivity contribution in [2.45, 2.75) is 19.0 Å². The van der Waals surface area contributed by atoms with Crippen LogP contribution >= 0.6 is 0 Å². The van der Waals surface area contributed by atoms with Gasteiger partial charge in [0.15, 0.2) is 17.0 Å². The third-order valence-electron chi connectivity index (χ3n) is 7.08. The molecule has 0 spiro atoms. The van der Waals surface area contributed by atoms with Gasteiger partial charge in [-0.2, -0.15) is 0 Å². The van der Waals surface area contributed by atoms with E-state index in [1.807, 2.05) is 32.2 Å². The van der Waals surface area contributed by atoms with Gasteiger partial charge in [-0.1, -0.05) is 23.6 Å². The molecule has 0 aliphatic carbocycles. The number of benzene rings is 1. The standard InChI is InChI=1S/C27H30N6O4/c1-18-4-5-19-15-33(24(34)20(19)14-18)16-27(26(36)28-17-29-27)9-8-21-23(37-3)7-6-22(30-21)25(35)32-12-10-31(2)11-13-32/h4-7,14,29H,10-13,15-17H2,1-3H3,(H,28,36). The smallest absolute Gasteiger partial charge is 0.272 e. The van der Waals surface area contributed by atoms with Crippen LogP contribution in [0.2, 0.25) is 0 Å². The number of aromatic nitrogens is 1. The van der Waals surface area contributed by atoms with Gasteiger partial charge in [0.05, 0.1) is 20.3 Å². The molecule has 2 saturated heterocycles. The van der Waals surface area contributed by atoms with Gasteiger partial charge in [-0.25, -0.2) is 4.98 Å². The summed E-state index contributed by atoms with van der Waals surface area (Å²) in [7, 11) is 3.53. The van der Waals surface area contributed by atoms with Gasteiger partial charge in [0.1, 0.15) is 5.69 Å². The van der Waals surface area contributed by atoms with E-state index in [4.69, 9.17) is 4.74 Å². The van der Waals surface area contributed by atoms with E-state index in [9.17, 15) is 14.4 Å². The number of hydrogen-bond acceptors (Lipinski definition) is 7. The molecule has 3 aliphatic rings. The Labute approximate surface area is 216 Å². The topological polar surface area (TPSA) is 107 Å². The highest BCUT2D eigenvalue weighted by Crippen LogP contribution is 2.26. The molecule has 0 bridgehead atoms. The molecule has 1 aromatic heterocycles. The molecule has 1 aromatic carbocycles. The maximum atomic E-state index is 13.1. The normalized spacial score (nSPS) is 21.4. The Morgan fingerprint density at radius 2 is 1.95 bits per heavy atom. The third-order valence-corrected chi connectivity index (χ3v) is 7.08. The Morgan fingerprint density at radius 1 is 1.16 bits per heavy atom. The van der Waals surface area contributed by atoms with Crippen molar-refractivity contribution in [1.82, 2.24) is 30.3 Å². The number of rotatable bonds is 4. The molecule has 2 fully saturated rings. The summed E-state index contributed by atoms with van der Waals surface area (Å²) in [4.78, 5) is 49.2. The van der Waals surface area contributed by atoms with E-state index in [-0.39, 0.29) is 42.3 Å². The number of amides is 3. The summed E-state index contributed by atoms with van der Waals surface area (Å²) in [5.74, 6) is 5.80. The van der Waals surface area contributed by atoms with Crippen LogP contribution < -0.4 is 15.4 Å². The molecular formula is C27H30N6O4.